The normalized spacial score (nSPS) is 11.6. The van der Waals surface area contributed by atoms with Crippen LogP contribution in [-0.4, -0.2) is 19.1 Å². The highest BCUT2D eigenvalue weighted by molar-refractivity contribution is 6.12. The molecule has 0 spiro atoms. The van der Waals surface area contributed by atoms with E-state index in [9.17, 15) is 0 Å². The fourth-order valence-electron chi connectivity index (χ4n) is 8.76. The first-order valence-corrected chi connectivity index (χ1v) is 19.8. The van der Waals surface area contributed by atoms with Crippen molar-refractivity contribution in [1.82, 2.24) is 19.1 Å². The highest BCUT2D eigenvalue weighted by Crippen LogP contribution is 2.42. The molecule has 58 heavy (non-hydrogen) atoms. The molecule has 0 unspecified atom stereocenters. The van der Waals surface area contributed by atoms with Crippen molar-refractivity contribution in [3.63, 3.8) is 0 Å². The summed E-state index contributed by atoms with van der Waals surface area (Å²) in [7, 11) is 0. The van der Waals surface area contributed by atoms with E-state index in [0.717, 1.165) is 50.6 Å². The first-order chi connectivity index (χ1) is 28.6. The van der Waals surface area contributed by atoms with Crippen LogP contribution in [0.15, 0.2) is 194 Å². The van der Waals surface area contributed by atoms with Gasteiger partial charge in [-0.2, -0.15) is 0 Å². The Labute approximate surface area is 337 Å². The molecule has 0 bridgehead atoms. The number of hydrogen-bond donors (Lipinski definition) is 0. The van der Waals surface area contributed by atoms with Gasteiger partial charge in [-0.15, -0.1) is 0 Å². The zero-order valence-corrected chi connectivity index (χ0v) is 32.3. The molecule has 0 amide bonds. The Balaban J connectivity index is 1.23. The van der Waals surface area contributed by atoms with Crippen molar-refractivity contribution in [2.45, 2.75) is 13.8 Å². The van der Waals surface area contributed by atoms with Crippen molar-refractivity contribution in [2.75, 3.05) is 0 Å². The summed E-state index contributed by atoms with van der Waals surface area (Å²) in [6.07, 6.45) is 0. The molecule has 274 valence electrons. The van der Waals surface area contributed by atoms with Gasteiger partial charge in [0.15, 0.2) is 5.82 Å². The largest absolute Gasteiger partial charge is 0.309 e. The van der Waals surface area contributed by atoms with Gasteiger partial charge in [0.25, 0.3) is 0 Å². The molecule has 11 aromatic rings. The Hall–Kier alpha value is -7.56. The third-order valence-corrected chi connectivity index (χ3v) is 11.5. The van der Waals surface area contributed by atoms with E-state index in [1.54, 1.807) is 0 Å². The van der Waals surface area contributed by atoms with Gasteiger partial charge in [0, 0.05) is 49.4 Å². The number of rotatable bonds is 6. The Kier molecular flexibility index (Phi) is 7.90. The fourth-order valence-corrected chi connectivity index (χ4v) is 8.76. The van der Waals surface area contributed by atoms with Crippen LogP contribution in [0.1, 0.15) is 11.1 Å². The van der Waals surface area contributed by atoms with E-state index >= 15 is 0 Å². The number of nitrogens with zero attached hydrogens (tertiary/aromatic N) is 4. The van der Waals surface area contributed by atoms with Crippen LogP contribution < -0.4 is 0 Å². The highest BCUT2D eigenvalue weighted by Gasteiger charge is 2.22. The molecule has 4 nitrogen and oxygen atoms in total. The average Bonchev–Trinajstić information content (AvgIpc) is 3.78. The van der Waals surface area contributed by atoms with E-state index in [4.69, 9.17) is 9.97 Å². The lowest BCUT2D eigenvalue weighted by molar-refractivity contribution is 1.15. The maximum Gasteiger partial charge on any atom is 0.160 e. The molecule has 4 heteroatoms. The third kappa shape index (κ3) is 5.53. The van der Waals surface area contributed by atoms with Gasteiger partial charge in [0.2, 0.25) is 0 Å². The predicted molar refractivity (Wildman–Crippen MR) is 242 cm³/mol. The minimum absolute atomic E-state index is 0.696. The number of benzene rings is 8. The molecule has 0 radical (unpaired) electrons. The molecule has 3 aromatic heterocycles. The Bertz CT molecular complexity index is 3180. The summed E-state index contributed by atoms with van der Waals surface area (Å²) < 4.78 is 4.89. The van der Waals surface area contributed by atoms with Crippen molar-refractivity contribution in [1.29, 1.82) is 0 Å². The molecule has 3 heterocycles. The van der Waals surface area contributed by atoms with Crippen LogP contribution in [0.2, 0.25) is 0 Å². The average molecular weight is 743 g/mol. The molecule has 0 saturated carbocycles. The minimum atomic E-state index is 0.696. The smallest absolute Gasteiger partial charge is 0.160 e. The summed E-state index contributed by atoms with van der Waals surface area (Å²) in [5, 5.41) is 4.97. The highest BCUT2D eigenvalue weighted by atomic mass is 15.0. The molecular formula is C54H38N4. The van der Waals surface area contributed by atoms with E-state index in [2.05, 4.69) is 193 Å². The topological polar surface area (TPSA) is 35.6 Å². The van der Waals surface area contributed by atoms with Crippen LogP contribution in [0.5, 0.6) is 0 Å². The number of hydrogen-bond acceptors (Lipinski definition) is 2. The first kappa shape index (κ1) is 33.8. The van der Waals surface area contributed by atoms with Crippen molar-refractivity contribution in [2.24, 2.45) is 0 Å². The lowest BCUT2D eigenvalue weighted by Gasteiger charge is -2.20. The van der Waals surface area contributed by atoms with Gasteiger partial charge in [0.05, 0.1) is 44.8 Å². The van der Waals surface area contributed by atoms with Gasteiger partial charge in [0.1, 0.15) is 0 Å². The van der Waals surface area contributed by atoms with Crippen molar-refractivity contribution >= 4 is 43.6 Å². The van der Waals surface area contributed by atoms with Crippen molar-refractivity contribution < 1.29 is 0 Å². The molecule has 0 aliphatic carbocycles. The maximum absolute atomic E-state index is 5.28. The van der Waals surface area contributed by atoms with Gasteiger partial charge in [-0.3, -0.25) is 0 Å². The van der Waals surface area contributed by atoms with Crippen molar-refractivity contribution in [3.05, 3.63) is 205 Å². The summed E-state index contributed by atoms with van der Waals surface area (Å²) in [6, 6.07) is 69.6. The van der Waals surface area contributed by atoms with Crippen LogP contribution in [0, 0.1) is 13.8 Å². The van der Waals surface area contributed by atoms with Gasteiger partial charge in [-0.05, 0) is 74.5 Å². The maximum atomic E-state index is 5.28. The van der Waals surface area contributed by atoms with E-state index in [1.807, 2.05) is 24.3 Å². The predicted octanol–water partition coefficient (Wildman–Crippen LogP) is 14.0. The Morgan fingerprint density at radius 1 is 0.328 bits per heavy atom. The molecule has 0 atom stereocenters. The summed E-state index contributed by atoms with van der Waals surface area (Å²) >= 11 is 0. The Morgan fingerprint density at radius 3 is 1.43 bits per heavy atom. The number of para-hydroxylation sites is 3. The van der Waals surface area contributed by atoms with E-state index in [1.165, 1.54) is 54.7 Å². The SMILES string of the molecule is Cc1ccc2c(c1)c1cc(C)ccc1n2-c1ccc(-c2cc(-c3ccccc3)nc(-c3ccccc3)n2)cc1-c1ccccc1-n1c2ccccc2c2ccccc21. The van der Waals surface area contributed by atoms with Crippen LogP contribution in [0.25, 0.3) is 100 Å². The van der Waals surface area contributed by atoms with Gasteiger partial charge in [-0.25, -0.2) is 9.97 Å². The second kappa shape index (κ2) is 13.6. The zero-order valence-electron chi connectivity index (χ0n) is 32.3. The van der Waals surface area contributed by atoms with Crippen LogP contribution >= 0.6 is 0 Å². The molecular weight excluding hydrogens is 705 g/mol. The summed E-state index contributed by atoms with van der Waals surface area (Å²) in [6.45, 7) is 4.35. The molecule has 0 aliphatic rings. The quantitative estimate of drug-likeness (QED) is 0.170. The zero-order chi connectivity index (χ0) is 38.7. The molecule has 0 N–H and O–H groups in total. The molecule has 0 fully saturated rings. The van der Waals surface area contributed by atoms with E-state index in [0.29, 0.717) is 5.82 Å². The second-order valence-electron chi connectivity index (χ2n) is 15.2. The number of aromatic nitrogens is 4. The third-order valence-electron chi connectivity index (χ3n) is 11.5. The monoisotopic (exact) mass is 742 g/mol. The van der Waals surface area contributed by atoms with Crippen molar-refractivity contribution in [3.8, 4) is 56.4 Å². The van der Waals surface area contributed by atoms with Crippen LogP contribution in [0.3, 0.4) is 0 Å². The minimum Gasteiger partial charge on any atom is -0.309 e. The fraction of sp³-hybridized carbons (Fsp3) is 0.0370. The molecule has 11 rings (SSSR count). The lowest BCUT2D eigenvalue weighted by Crippen LogP contribution is -2.02. The summed E-state index contributed by atoms with van der Waals surface area (Å²) in [5.41, 5.74) is 16.4. The molecule has 0 aliphatic heterocycles. The lowest BCUT2D eigenvalue weighted by atomic mass is 9.96. The van der Waals surface area contributed by atoms with Crippen LogP contribution in [-0.2, 0) is 0 Å². The van der Waals surface area contributed by atoms with Gasteiger partial charge < -0.3 is 9.13 Å². The standard InChI is InChI=1S/C54H38N4/c1-35-25-28-51-43(31-35)44-32-36(2)26-29-52(44)58(51)53-30-27-39(47-34-46(37-15-5-3-6-16-37)55-54(56-47)38-17-7-4-8-18-38)33-45(53)42-21-11-14-24-50(42)57-48-22-12-9-19-40(48)41-20-10-13-23-49(41)57/h3-34H,1-2H3. The Morgan fingerprint density at radius 2 is 0.810 bits per heavy atom. The van der Waals surface area contributed by atoms with E-state index < -0.39 is 0 Å². The van der Waals surface area contributed by atoms with Crippen LogP contribution in [0.4, 0.5) is 0 Å². The second-order valence-corrected chi connectivity index (χ2v) is 15.2. The van der Waals surface area contributed by atoms with Gasteiger partial charge in [-0.1, -0.05) is 145 Å². The van der Waals surface area contributed by atoms with Gasteiger partial charge >= 0.3 is 0 Å². The number of fused-ring (bicyclic) bond motifs is 6. The van der Waals surface area contributed by atoms with E-state index in [-0.39, 0.29) is 0 Å². The summed E-state index contributed by atoms with van der Waals surface area (Å²) in [4.78, 5) is 10.4. The molecule has 0 saturated heterocycles. The summed E-state index contributed by atoms with van der Waals surface area (Å²) in [5.74, 6) is 0.696. The number of aryl methyl sites for hydroxylation is 2. The molecule has 8 aromatic carbocycles. The first-order valence-electron chi connectivity index (χ1n) is 19.8.